The lowest BCUT2D eigenvalue weighted by Gasteiger charge is -2.31. The molecule has 0 bridgehead atoms. The van der Waals surface area contributed by atoms with Crippen molar-refractivity contribution in [3.8, 4) is 0 Å². The maximum Gasteiger partial charge on any atom is 0.319 e. The van der Waals surface area contributed by atoms with Crippen LogP contribution in [0.15, 0.2) is 18.2 Å². The molecule has 0 spiro atoms. The fraction of sp³-hybridized carbons (Fsp3) is 0.654. The first-order chi connectivity index (χ1) is 17.2. The van der Waals surface area contributed by atoms with Gasteiger partial charge in [0.15, 0.2) is 0 Å². The molecule has 3 rings (SSSR count). The average molecular weight is 506 g/mol. The molecule has 0 radical (unpaired) electrons. The van der Waals surface area contributed by atoms with Crippen LogP contribution < -0.4 is 21.0 Å². The van der Waals surface area contributed by atoms with Crippen molar-refractivity contribution in [3.05, 3.63) is 24.0 Å². The third kappa shape index (κ3) is 8.36. The van der Waals surface area contributed by atoms with E-state index in [0.717, 1.165) is 63.7 Å². The van der Waals surface area contributed by atoms with Gasteiger partial charge in [-0.1, -0.05) is 26.7 Å². The lowest BCUT2D eigenvalue weighted by molar-refractivity contribution is -0.141. The molecule has 4 N–H and O–H groups in total. The fourth-order valence-corrected chi connectivity index (χ4v) is 5.06. The zero-order valence-corrected chi connectivity index (χ0v) is 21.4. The van der Waals surface area contributed by atoms with Gasteiger partial charge in [-0.2, -0.15) is 0 Å². The molecule has 0 atom stereocenters. The first-order valence-electron chi connectivity index (χ1n) is 13.0. The quantitative estimate of drug-likeness (QED) is 0.285. The summed E-state index contributed by atoms with van der Waals surface area (Å²) in [6.45, 7) is 5.95. The molecule has 2 fully saturated rings. The number of amides is 4. The maximum absolute atomic E-state index is 13.9. The molecule has 36 heavy (non-hydrogen) atoms. The number of hydroxylamine groups is 1. The molecule has 200 valence electrons. The van der Waals surface area contributed by atoms with E-state index in [0.29, 0.717) is 18.2 Å². The first kappa shape index (κ1) is 27.7. The zero-order valence-electron chi connectivity index (χ0n) is 21.4. The topological polar surface area (TPSA) is 114 Å². The number of nitrogens with zero attached hydrogens (tertiary/aromatic N) is 2. The Hall–Kier alpha value is -2.88. The number of benzene rings is 1. The Morgan fingerprint density at radius 3 is 2.47 bits per heavy atom. The summed E-state index contributed by atoms with van der Waals surface area (Å²) in [7, 11) is 0. The number of nitrogens with one attached hydrogen (secondary N) is 3. The molecule has 10 heteroatoms. The van der Waals surface area contributed by atoms with E-state index in [-0.39, 0.29) is 25.4 Å². The van der Waals surface area contributed by atoms with Crippen molar-refractivity contribution < 1.29 is 24.0 Å². The number of anilines is 2. The minimum absolute atomic E-state index is 0.123. The summed E-state index contributed by atoms with van der Waals surface area (Å²) in [6.07, 6.45) is 7.69. The molecular weight excluding hydrogens is 465 g/mol. The molecule has 1 saturated carbocycles. The highest BCUT2D eigenvalue weighted by Gasteiger charge is 2.29. The fourth-order valence-electron chi connectivity index (χ4n) is 5.06. The molecule has 1 saturated heterocycles. The molecular formula is C26H40FN5O4. The van der Waals surface area contributed by atoms with Gasteiger partial charge in [-0.3, -0.25) is 14.8 Å². The second-order valence-corrected chi connectivity index (χ2v) is 10.8. The summed E-state index contributed by atoms with van der Waals surface area (Å²) in [4.78, 5) is 41.2. The van der Waals surface area contributed by atoms with Crippen LogP contribution >= 0.6 is 0 Å². The van der Waals surface area contributed by atoms with Crippen molar-refractivity contribution in [2.24, 2.45) is 11.3 Å². The van der Waals surface area contributed by atoms with E-state index in [1.807, 2.05) is 13.8 Å². The van der Waals surface area contributed by atoms with E-state index in [1.54, 1.807) is 11.5 Å². The van der Waals surface area contributed by atoms with Gasteiger partial charge in [0, 0.05) is 32.6 Å². The Morgan fingerprint density at radius 2 is 1.81 bits per heavy atom. The van der Waals surface area contributed by atoms with E-state index in [2.05, 4.69) is 15.5 Å². The van der Waals surface area contributed by atoms with Crippen molar-refractivity contribution in [1.29, 1.82) is 0 Å². The lowest BCUT2D eigenvalue weighted by Crippen LogP contribution is -2.45. The van der Waals surface area contributed by atoms with E-state index in [1.165, 1.54) is 17.0 Å². The van der Waals surface area contributed by atoms with E-state index in [9.17, 15) is 18.8 Å². The summed E-state index contributed by atoms with van der Waals surface area (Å²) in [5.41, 5.74) is 2.23. The van der Waals surface area contributed by atoms with E-state index < -0.39 is 23.2 Å². The third-order valence-corrected chi connectivity index (χ3v) is 7.03. The molecule has 0 unspecified atom stereocenters. The van der Waals surface area contributed by atoms with Crippen LogP contribution in [0.5, 0.6) is 0 Å². The Bertz CT molecular complexity index is 914. The van der Waals surface area contributed by atoms with Crippen LogP contribution in [0.2, 0.25) is 0 Å². The van der Waals surface area contributed by atoms with Gasteiger partial charge in [-0.15, -0.1) is 0 Å². The van der Waals surface area contributed by atoms with E-state index >= 15 is 0 Å². The third-order valence-electron chi connectivity index (χ3n) is 7.03. The zero-order chi connectivity index (χ0) is 26.1. The van der Waals surface area contributed by atoms with Crippen molar-refractivity contribution in [1.82, 2.24) is 15.7 Å². The number of hydrogen-bond donors (Lipinski definition) is 4. The number of urea groups is 1. The number of carbonyl (C=O) groups excluding carboxylic acids is 3. The van der Waals surface area contributed by atoms with Gasteiger partial charge in [-0.25, -0.2) is 14.7 Å². The summed E-state index contributed by atoms with van der Waals surface area (Å²) >= 11 is 0. The van der Waals surface area contributed by atoms with Crippen LogP contribution in [0.3, 0.4) is 0 Å². The summed E-state index contributed by atoms with van der Waals surface area (Å²) < 4.78 is 13.9. The average Bonchev–Trinajstić information content (AvgIpc) is 3.36. The smallest absolute Gasteiger partial charge is 0.319 e. The summed E-state index contributed by atoms with van der Waals surface area (Å²) in [5, 5.41) is 14.5. The first-order valence-corrected chi connectivity index (χ1v) is 13.0. The second kappa shape index (κ2) is 12.9. The number of hydrogen-bond acceptors (Lipinski definition) is 5. The Balaban J connectivity index is 1.56. The standard InChI is InChI=1S/C26H40FN5O4/c1-26(2,15-24(34)32(17-23(33)30-36)16-19-8-4-5-9-19)18-28-25(35)29-21-14-20(27)10-11-22(21)31-12-6-3-7-13-31/h10-11,14,19,36H,3-9,12-13,15-18H2,1-2H3,(H,30,33)(H2,28,29,35). The van der Waals surface area contributed by atoms with Gasteiger partial charge < -0.3 is 20.4 Å². The Morgan fingerprint density at radius 1 is 1.11 bits per heavy atom. The van der Waals surface area contributed by atoms with Crippen molar-refractivity contribution in [2.45, 2.75) is 65.2 Å². The van der Waals surface area contributed by atoms with Gasteiger partial charge in [0.1, 0.15) is 12.4 Å². The number of carbonyl (C=O) groups is 3. The predicted molar refractivity (Wildman–Crippen MR) is 136 cm³/mol. The highest BCUT2D eigenvalue weighted by atomic mass is 19.1. The lowest BCUT2D eigenvalue weighted by atomic mass is 9.88. The van der Waals surface area contributed by atoms with Gasteiger partial charge in [0.2, 0.25) is 5.91 Å². The Labute approximate surface area is 212 Å². The van der Waals surface area contributed by atoms with Gasteiger partial charge in [0.05, 0.1) is 11.4 Å². The summed E-state index contributed by atoms with van der Waals surface area (Å²) in [6, 6.07) is 3.95. The molecule has 1 heterocycles. The number of halogens is 1. The van der Waals surface area contributed by atoms with Crippen LogP contribution in [0, 0.1) is 17.2 Å². The Kier molecular flexibility index (Phi) is 9.92. The predicted octanol–water partition coefficient (Wildman–Crippen LogP) is 3.88. The summed E-state index contributed by atoms with van der Waals surface area (Å²) in [5.74, 6) is -0.898. The van der Waals surface area contributed by atoms with Crippen LogP contribution in [0.1, 0.15) is 65.2 Å². The monoisotopic (exact) mass is 505 g/mol. The minimum Gasteiger partial charge on any atom is -0.370 e. The minimum atomic E-state index is -0.628. The van der Waals surface area contributed by atoms with Crippen LogP contribution in [0.4, 0.5) is 20.6 Å². The number of rotatable bonds is 10. The normalized spacial score (nSPS) is 16.5. The SMILES string of the molecule is CC(C)(CNC(=O)Nc1cc(F)ccc1N1CCCCC1)CC(=O)N(CC(=O)NO)CC1CCCC1. The molecule has 9 nitrogen and oxygen atoms in total. The number of piperidine rings is 1. The van der Waals surface area contributed by atoms with Gasteiger partial charge >= 0.3 is 6.03 Å². The highest BCUT2D eigenvalue weighted by Crippen LogP contribution is 2.30. The molecule has 2 aliphatic rings. The molecule has 4 amide bonds. The van der Waals surface area contributed by atoms with Crippen molar-refractivity contribution >= 4 is 29.2 Å². The van der Waals surface area contributed by atoms with Crippen molar-refractivity contribution in [3.63, 3.8) is 0 Å². The van der Waals surface area contributed by atoms with Gasteiger partial charge in [0.25, 0.3) is 5.91 Å². The molecule has 1 aliphatic carbocycles. The van der Waals surface area contributed by atoms with Crippen LogP contribution in [0.25, 0.3) is 0 Å². The molecule has 0 aromatic heterocycles. The second-order valence-electron chi connectivity index (χ2n) is 10.8. The molecule has 1 aliphatic heterocycles. The van der Waals surface area contributed by atoms with Crippen LogP contribution in [-0.2, 0) is 9.59 Å². The van der Waals surface area contributed by atoms with Crippen molar-refractivity contribution in [2.75, 3.05) is 42.9 Å². The molecule has 1 aromatic rings. The van der Waals surface area contributed by atoms with E-state index in [4.69, 9.17) is 5.21 Å². The highest BCUT2D eigenvalue weighted by molar-refractivity contribution is 5.93. The van der Waals surface area contributed by atoms with Crippen LogP contribution in [-0.4, -0.2) is 60.7 Å². The largest absolute Gasteiger partial charge is 0.370 e. The maximum atomic E-state index is 13.9. The van der Waals surface area contributed by atoms with Gasteiger partial charge in [-0.05, 0) is 61.6 Å². The molecule has 1 aromatic carbocycles.